The second kappa shape index (κ2) is 7.86. The van der Waals surface area contributed by atoms with Gasteiger partial charge in [-0.05, 0) is 48.0 Å². The number of hydrogen-bond acceptors (Lipinski definition) is 4. The van der Waals surface area contributed by atoms with E-state index in [0.717, 1.165) is 42.4 Å². The number of rotatable bonds is 6. The molecule has 0 unspecified atom stereocenters. The molecule has 1 saturated heterocycles. The fourth-order valence-electron chi connectivity index (χ4n) is 3.41. The third kappa shape index (κ3) is 3.84. The van der Waals surface area contributed by atoms with Gasteiger partial charge in [-0.1, -0.05) is 12.1 Å². The van der Waals surface area contributed by atoms with Crippen molar-refractivity contribution in [1.29, 1.82) is 0 Å². The van der Waals surface area contributed by atoms with Crippen LogP contribution in [0.2, 0.25) is 0 Å². The van der Waals surface area contributed by atoms with E-state index in [2.05, 4.69) is 40.1 Å². The summed E-state index contributed by atoms with van der Waals surface area (Å²) in [5.74, 6) is 1.74. The monoisotopic (exact) mass is 364 g/mol. The normalized spacial score (nSPS) is 17.2. The van der Waals surface area contributed by atoms with Gasteiger partial charge < -0.3 is 18.8 Å². The van der Waals surface area contributed by atoms with E-state index < -0.39 is 0 Å². The zero-order chi connectivity index (χ0) is 18.6. The third-order valence-corrected chi connectivity index (χ3v) is 4.90. The minimum Gasteiger partial charge on any atom is -0.497 e. The van der Waals surface area contributed by atoms with Crippen molar-refractivity contribution in [1.82, 2.24) is 9.47 Å². The lowest BCUT2D eigenvalue weighted by Crippen LogP contribution is -2.23. The van der Waals surface area contributed by atoms with Crippen molar-refractivity contribution < 1.29 is 14.2 Å². The molecule has 0 amide bonds. The lowest BCUT2D eigenvalue weighted by molar-refractivity contribution is 0.0288. The summed E-state index contributed by atoms with van der Waals surface area (Å²) in [7, 11) is 3.37. The predicted molar refractivity (Wildman–Crippen MR) is 104 cm³/mol. The van der Waals surface area contributed by atoms with Crippen LogP contribution in [0.4, 0.5) is 0 Å². The minimum atomic E-state index is -0.0217. The second-order valence-electron chi connectivity index (χ2n) is 6.59. The summed E-state index contributed by atoms with van der Waals surface area (Å²) in [5.41, 5.74) is 3.51. The first kappa shape index (κ1) is 17.6. The van der Waals surface area contributed by atoms with Crippen LogP contribution in [0.15, 0.2) is 67.0 Å². The Morgan fingerprint density at radius 3 is 2.26 bits per heavy atom. The van der Waals surface area contributed by atoms with Crippen LogP contribution < -0.4 is 9.47 Å². The van der Waals surface area contributed by atoms with Gasteiger partial charge in [0.1, 0.15) is 17.7 Å². The highest BCUT2D eigenvalue weighted by Crippen LogP contribution is 2.30. The molecular formula is C22H24N2O3. The smallest absolute Gasteiger partial charge is 0.138 e. The molecule has 5 heteroatoms. The van der Waals surface area contributed by atoms with Crippen LogP contribution in [0.5, 0.6) is 11.5 Å². The fraction of sp³-hybridized carbons (Fsp3) is 0.273. The van der Waals surface area contributed by atoms with Crippen LogP contribution in [-0.2, 0) is 11.3 Å². The first-order valence-corrected chi connectivity index (χ1v) is 9.08. The second-order valence-corrected chi connectivity index (χ2v) is 6.59. The first-order valence-electron chi connectivity index (χ1n) is 9.08. The molecule has 1 aromatic heterocycles. The number of aromatic nitrogens is 1. The summed E-state index contributed by atoms with van der Waals surface area (Å²) in [5, 5.41) is 0. The van der Waals surface area contributed by atoms with E-state index in [1.165, 1.54) is 5.56 Å². The van der Waals surface area contributed by atoms with Gasteiger partial charge in [-0.15, -0.1) is 0 Å². The minimum absolute atomic E-state index is 0.0217. The van der Waals surface area contributed by atoms with Gasteiger partial charge in [-0.3, -0.25) is 4.90 Å². The first-order chi connectivity index (χ1) is 13.3. The van der Waals surface area contributed by atoms with E-state index in [9.17, 15) is 0 Å². The highest BCUT2D eigenvalue weighted by molar-refractivity contribution is 5.39. The van der Waals surface area contributed by atoms with E-state index in [-0.39, 0.29) is 6.23 Å². The number of hydrogen-bond donors (Lipinski definition) is 0. The highest BCUT2D eigenvalue weighted by Gasteiger charge is 2.27. The topological polar surface area (TPSA) is 35.9 Å². The molecule has 1 atom stereocenters. The van der Waals surface area contributed by atoms with Gasteiger partial charge in [0.15, 0.2) is 0 Å². The van der Waals surface area contributed by atoms with Gasteiger partial charge in [0.05, 0.1) is 20.8 Å². The van der Waals surface area contributed by atoms with Crippen LogP contribution in [-0.4, -0.2) is 36.8 Å². The lowest BCUT2D eigenvalue weighted by atomic mass is 10.2. The molecule has 2 heterocycles. The van der Waals surface area contributed by atoms with Gasteiger partial charge in [0.25, 0.3) is 0 Å². The van der Waals surface area contributed by atoms with E-state index in [4.69, 9.17) is 14.2 Å². The van der Waals surface area contributed by atoms with Gasteiger partial charge >= 0.3 is 0 Å². The standard InChI is InChI=1S/C22H24N2O3/c1-25-20-7-3-17(4-8-20)15-24-13-14-27-22(24)18-11-12-23(16-18)19-5-9-21(26-2)10-6-19/h3-12,16,22H,13-15H2,1-2H3/t22-/m0/s1. The van der Waals surface area contributed by atoms with Crippen LogP contribution in [0.1, 0.15) is 17.4 Å². The molecule has 5 nitrogen and oxygen atoms in total. The summed E-state index contributed by atoms with van der Waals surface area (Å²) in [6.07, 6.45) is 4.19. The Labute approximate surface area is 159 Å². The van der Waals surface area contributed by atoms with E-state index >= 15 is 0 Å². The molecule has 4 rings (SSSR count). The molecule has 1 aliphatic rings. The van der Waals surface area contributed by atoms with Crippen molar-refractivity contribution in [2.45, 2.75) is 12.8 Å². The molecule has 0 bridgehead atoms. The molecule has 0 radical (unpaired) electrons. The van der Waals surface area contributed by atoms with E-state index in [0.29, 0.717) is 0 Å². The average molecular weight is 364 g/mol. The van der Waals surface area contributed by atoms with Gasteiger partial charge in [0, 0.05) is 36.7 Å². The quantitative estimate of drug-likeness (QED) is 0.662. The summed E-state index contributed by atoms with van der Waals surface area (Å²) >= 11 is 0. The molecule has 3 aromatic rings. The Balaban J connectivity index is 1.49. The molecule has 2 aromatic carbocycles. The Morgan fingerprint density at radius 1 is 0.926 bits per heavy atom. The van der Waals surface area contributed by atoms with Crippen molar-refractivity contribution in [3.05, 3.63) is 78.1 Å². The SMILES string of the molecule is COc1ccc(CN2CCO[C@H]2c2ccn(-c3ccc(OC)cc3)c2)cc1. The molecule has 0 N–H and O–H groups in total. The van der Waals surface area contributed by atoms with Crippen molar-refractivity contribution in [3.8, 4) is 17.2 Å². The zero-order valence-corrected chi connectivity index (χ0v) is 15.7. The maximum atomic E-state index is 6.02. The van der Waals surface area contributed by atoms with Crippen LogP contribution >= 0.6 is 0 Å². The van der Waals surface area contributed by atoms with Crippen molar-refractivity contribution in [2.75, 3.05) is 27.4 Å². The van der Waals surface area contributed by atoms with Crippen LogP contribution in [0, 0.1) is 0 Å². The van der Waals surface area contributed by atoms with Crippen molar-refractivity contribution in [3.63, 3.8) is 0 Å². The molecule has 0 spiro atoms. The predicted octanol–water partition coefficient (Wildman–Crippen LogP) is 4.03. The van der Waals surface area contributed by atoms with Crippen LogP contribution in [0.25, 0.3) is 5.69 Å². The molecule has 1 fully saturated rings. The largest absolute Gasteiger partial charge is 0.497 e. The Bertz CT molecular complexity index is 871. The maximum Gasteiger partial charge on any atom is 0.138 e. The molecule has 1 aliphatic heterocycles. The van der Waals surface area contributed by atoms with Gasteiger partial charge in [-0.2, -0.15) is 0 Å². The Kier molecular flexibility index (Phi) is 5.14. The Hall–Kier alpha value is -2.76. The Morgan fingerprint density at radius 2 is 1.59 bits per heavy atom. The lowest BCUT2D eigenvalue weighted by Gasteiger charge is -2.22. The molecule has 0 aliphatic carbocycles. The van der Waals surface area contributed by atoms with Gasteiger partial charge in [0.2, 0.25) is 0 Å². The number of ether oxygens (including phenoxy) is 3. The highest BCUT2D eigenvalue weighted by atomic mass is 16.5. The third-order valence-electron chi connectivity index (χ3n) is 4.90. The number of benzene rings is 2. The zero-order valence-electron chi connectivity index (χ0n) is 15.7. The van der Waals surface area contributed by atoms with Crippen LogP contribution in [0.3, 0.4) is 0 Å². The summed E-state index contributed by atoms with van der Waals surface area (Å²) in [6.45, 7) is 2.52. The average Bonchev–Trinajstić information content (AvgIpc) is 3.38. The van der Waals surface area contributed by atoms with Crippen molar-refractivity contribution >= 4 is 0 Å². The van der Waals surface area contributed by atoms with Gasteiger partial charge in [-0.25, -0.2) is 0 Å². The number of nitrogens with zero attached hydrogens (tertiary/aromatic N) is 2. The molecule has 140 valence electrons. The molecular weight excluding hydrogens is 340 g/mol. The molecule has 27 heavy (non-hydrogen) atoms. The molecule has 0 saturated carbocycles. The maximum absolute atomic E-state index is 6.02. The van der Waals surface area contributed by atoms with Crippen molar-refractivity contribution in [2.24, 2.45) is 0 Å². The number of methoxy groups -OCH3 is 2. The summed E-state index contributed by atoms with van der Waals surface area (Å²) in [6, 6.07) is 18.4. The fourth-order valence-corrected chi connectivity index (χ4v) is 3.41. The summed E-state index contributed by atoms with van der Waals surface area (Å²) in [4.78, 5) is 2.36. The summed E-state index contributed by atoms with van der Waals surface area (Å²) < 4.78 is 18.6. The van der Waals surface area contributed by atoms with E-state index in [1.54, 1.807) is 14.2 Å². The van der Waals surface area contributed by atoms with E-state index in [1.807, 2.05) is 36.4 Å².